The lowest BCUT2D eigenvalue weighted by molar-refractivity contribution is -0.116. The molecule has 4 nitrogen and oxygen atoms in total. The predicted molar refractivity (Wildman–Crippen MR) is 60.6 cm³/mol. The van der Waals surface area contributed by atoms with Gasteiger partial charge in [0, 0.05) is 11.8 Å². The van der Waals surface area contributed by atoms with Crippen LogP contribution in [-0.2, 0) is 14.6 Å². The van der Waals surface area contributed by atoms with Crippen molar-refractivity contribution in [3.05, 3.63) is 29.8 Å². The Hall–Kier alpha value is -1.49. The maximum atomic E-state index is 12.2. The Labute approximate surface area is 93.9 Å². The molecule has 84 valence electrons. The molecular formula is C11H11NO3S. The summed E-state index contributed by atoms with van der Waals surface area (Å²) in [5.74, 6) is -0.367. The summed E-state index contributed by atoms with van der Waals surface area (Å²) in [4.78, 5) is 15.5. The number of carbonyl (C=O) groups excluding carboxylic acids is 1. The molecule has 2 rings (SSSR count). The van der Waals surface area contributed by atoms with Gasteiger partial charge in [0.1, 0.15) is 11.0 Å². The van der Waals surface area contributed by atoms with E-state index in [2.05, 4.69) is 4.99 Å². The predicted octanol–water partition coefficient (Wildman–Crippen LogP) is 0.850. The summed E-state index contributed by atoms with van der Waals surface area (Å²) < 4.78 is 24.3. The van der Waals surface area contributed by atoms with Crippen molar-refractivity contribution in [2.75, 3.05) is 6.54 Å². The van der Waals surface area contributed by atoms with Gasteiger partial charge in [0.2, 0.25) is 0 Å². The molecule has 1 unspecified atom stereocenters. The van der Waals surface area contributed by atoms with Crippen LogP contribution < -0.4 is 0 Å². The number of benzene rings is 1. The van der Waals surface area contributed by atoms with Gasteiger partial charge in [-0.05, 0) is 13.0 Å². The quantitative estimate of drug-likeness (QED) is 0.727. The molecule has 0 saturated carbocycles. The molecule has 5 heteroatoms. The van der Waals surface area contributed by atoms with Crippen LogP contribution in [0.15, 0.2) is 34.2 Å². The number of ketones is 1. The van der Waals surface area contributed by atoms with Crippen LogP contribution in [0.1, 0.15) is 12.5 Å². The second kappa shape index (κ2) is 3.83. The van der Waals surface area contributed by atoms with E-state index in [0.717, 1.165) is 0 Å². The minimum Gasteiger partial charge on any atom is -0.298 e. The number of hydrogen-bond acceptors (Lipinski definition) is 4. The van der Waals surface area contributed by atoms with Crippen LogP contribution in [0.25, 0.3) is 0 Å². The van der Waals surface area contributed by atoms with E-state index >= 15 is 0 Å². The van der Waals surface area contributed by atoms with Crippen LogP contribution in [0.5, 0.6) is 0 Å². The largest absolute Gasteiger partial charge is 0.298 e. The molecule has 1 heterocycles. The fraction of sp³-hybridized carbons (Fsp3) is 0.273. The van der Waals surface area contributed by atoms with Crippen molar-refractivity contribution in [3.8, 4) is 0 Å². The van der Waals surface area contributed by atoms with Gasteiger partial charge in [-0.3, -0.25) is 9.79 Å². The Morgan fingerprint density at radius 1 is 1.38 bits per heavy atom. The molecular weight excluding hydrogens is 226 g/mol. The second-order valence-corrected chi connectivity index (χ2v) is 5.78. The molecule has 1 aromatic carbocycles. The summed E-state index contributed by atoms with van der Waals surface area (Å²) in [5.41, 5.74) is 0.547. The zero-order valence-electron chi connectivity index (χ0n) is 8.75. The average Bonchev–Trinajstić information content (AvgIpc) is 2.36. The number of aliphatic imine (C=N–C) groups is 1. The number of nitrogens with zero attached hydrogens (tertiary/aromatic N) is 1. The van der Waals surface area contributed by atoms with Crippen LogP contribution in [-0.4, -0.2) is 32.2 Å². The molecule has 1 aliphatic heterocycles. The standard InChI is InChI=1S/C11H11NO3S/c1-8(13)11-7-12-6-9-4-2-3-5-10(9)16(11,14)15/h2-6,11H,7H2,1H3. The second-order valence-electron chi connectivity index (χ2n) is 3.68. The fourth-order valence-electron chi connectivity index (χ4n) is 1.69. The van der Waals surface area contributed by atoms with Gasteiger partial charge in [-0.2, -0.15) is 0 Å². The molecule has 1 atom stereocenters. The van der Waals surface area contributed by atoms with E-state index in [4.69, 9.17) is 0 Å². The average molecular weight is 237 g/mol. The van der Waals surface area contributed by atoms with E-state index in [1.165, 1.54) is 19.2 Å². The normalized spacial score (nSPS) is 22.2. The van der Waals surface area contributed by atoms with Crippen molar-refractivity contribution in [2.45, 2.75) is 17.1 Å². The molecule has 0 aliphatic carbocycles. The first-order valence-corrected chi connectivity index (χ1v) is 6.41. The molecule has 16 heavy (non-hydrogen) atoms. The van der Waals surface area contributed by atoms with Crippen molar-refractivity contribution >= 4 is 21.8 Å². The molecule has 0 aromatic heterocycles. The summed E-state index contributed by atoms with van der Waals surface area (Å²) in [6, 6.07) is 6.58. The highest BCUT2D eigenvalue weighted by Gasteiger charge is 2.33. The highest BCUT2D eigenvalue weighted by atomic mass is 32.2. The minimum atomic E-state index is -3.59. The van der Waals surface area contributed by atoms with Gasteiger partial charge in [-0.25, -0.2) is 8.42 Å². The van der Waals surface area contributed by atoms with Crippen molar-refractivity contribution in [1.29, 1.82) is 0 Å². The molecule has 0 radical (unpaired) electrons. The van der Waals surface area contributed by atoms with Crippen molar-refractivity contribution in [1.82, 2.24) is 0 Å². The highest BCUT2D eigenvalue weighted by Crippen LogP contribution is 2.22. The number of carbonyl (C=O) groups is 1. The first-order chi connectivity index (χ1) is 7.53. The fourth-order valence-corrected chi connectivity index (χ4v) is 3.43. The number of Topliss-reactive ketones (excluding diaryl/α,β-unsaturated/α-hetero) is 1. The van der Waals surface area contributed by atoms with Crippen LogP contribution in [0.4, 0.5) is 0 Å². The number of hydrogen-bond donors (Lipinski definition) is 0. The lowest BCUT2D eigenvalue weighted by Crippen LogP contribution is -2.31. The summed E-state index contributed by atoms with van der Waals surface area (Å²) >= 11 is 0. The Kier molecular flexibility index (Phi) is 2.63. The van der Waals surface area contributed by atoms with Crippen LogP contribution in [0.2, 0.25) is 0 Å². The van der Waals surface area contributed by atoms with Crippen molar-refractivity contribution in [3.63, 3.8) is 0 Å². The molecule has 0 N–H and O–H groups in total. The van der Waals surface area contributed by atoms with Gasteiger partial charge in [0.15, 0.2) is 9.84 Å². The van der Waals surface area contributed by atoms with E-state index < -0.39 is 15.1 Å². The smallest absolute Gasteiger partial charge is 0.190 e. The van der Waals surface area contributed by atoms with E-state index in [9.17, 15) is 13.2 Å². The van der Waals surface area contributed by atoms with Crippen LogP contribution in [0, 0.1) is 0 Å². The SMILES string of the molecule is CC(=O)C1CN=Cc2ccccc2S1(=O)=O. The van der Waals surface area contributed by atoms with Gasteiger partial charge in [0.25, 0.3) is 0 Å². The zero-order chi connectivity index (χ0) is 11.8. The van der Waals surface area contributed by atoms with Gasteiger partial charge in [0.05, 0.1) is 11.4 Å². The number of rotatable bonds is 1. The third-order valence-electron chi connectivity index (χ3n) is 2.56. The van der Waals surface area contributed by atoms with Gasteiger partial charge in [-0.15, -0.1) is 0 Å². The maximum absolute atomic E-state index is 12.2. The molecule has 0 bridgehead atoms. The molecule has 0 spiro atoms. The Bertz CT molecular complexity index is 560. The third-order valence-corrected chi connectivity index (χ3v) is 4.77. The van der Waals surface area contributed by atoms with Crippen LogP contribution >= 0.6 is 0 Å². The molecule has 0 amide bonds. The molecule has 1 aromatic rings. The highest BCUT2D eigenvalue weighted by molar-refractivity contribution is 7.93. The minimum absolute atomic E-state index is 0.00630. The van der Waals surface area contributed by atoms with Gasteiger partial charge < -0.3 is 0 Å². The molecule has 0 fully saturated rings. The first kappa shape index (κ1) is 11.0. The Morgan fingerprint density at radius 3 is 2.75 bits per heavy atom. The van der Waals surface area contributed by atoms with E-state index in [1.54, 1.807) is 18.2 Å². The maximum Gasteiger partial charge on any atom is 0.190 e. The topological polar surface area (TPSA) is 63.6 Å². The third kappa shape index (κ3) is 1.67. The molecule has 0 saturated heterocycles. The van der Waals surface area contributed by atoms with E-state index in [1.807, 2.05) is 0 Å². The number of sulfone groups is 1. The summed E-state index contributed by atoms with van der Waals surface area (Å²) in [6.45, 7) is 1.29. The Balaban J connectivity index is 2.67. The number of fused-ring (bicyclic) bond motifs is 1. The van der Waals surface area contributed by atoms with Gasteiger partial charge >= 0.3 is 0 Å². The summed E-state index contributed by atoms with van der Waals surface area (Å²) in [6.07, 6.45) is 1.51. The zero-order valence-corrected chi connectivity index (χ0v) is 9.57. The van der Waals surface area contributed by atoms with E-state index in [0.29, 0.717) is 5.56 Å². The monoisotopic (exact) mass is 237 g/mol. The lowest BCUT2D eigenvalue weighted by Gasteiger charge is -2.11. The van der Waals surface area contributed by atoms with E-state index in [-0.39, 0.29) is 17.2 Å². The van der Waals surface area contributed by atoms with Gasteiger partial charge in [-0.1, -0.05) is 18.2 Å². The van der Waals surface area contributed by atoms with Crippen molar-refractivity contribution < 1.29 is 13.2 Å². The van der Waals surface area contributed by atoms with Crippen LogP contribution in [0.3, 0.4) is 0 Å². The lowest BCUT2D eigenvalue weighted by atomic mass is 10.2. The summed E-state index contributed by atoms with van der Waals surface area (Å²) in [7, 11) is -3.59. The first-order valence-electron chi connectivity index (χ1n) is 4.86. The van der Waals surface area contributed by atoms with Crippen molar-refractivity contribution in [2.24, 2.45) is 4.99 Å². The summed E-state index contributed by atoms with van der Waals surface area (Å²) in [5, 5.41) is -1.05. The Morgan fingerprint density at radius 2 is 2.06 bits per heavy atom. The molecule has 1 aliphatic rings.